The number of hydrogen-bond acceptors (Lipinski definition) is 1. The Balaban J connectivity index is 2.08. The van der Waals surface area contributed by atoms with Gasteiger partial charge in [0, 0.05) is 0 Å². The molecular weight excluding hydrogens is 200 g/mol. The molecular formula is C14H24O2. The van der Waals surface area contributed by atoms with Crippen LogP contribution < -0.4 is 0 Å². The molecule has 2 heteroatoms. The lowest BCUT2D eigenvalue weighted by molar-refractivity contribution is -0.154. The van der Waals surface area contributed by atoms with Crippen molar-refractivity contribution in [3.05, 3.63) is 0 Å². The molecule has 0 aromatic carbocycles. The van der Waals surface area contributed by atoms with Gasteiger partial charge in [0.25, 0.3) is 0 Å². The van der Waals surface area contributed by atoms with Crippen LogP contribution in [0.3, 0.4) is 0 Å². The molecule has 4 atom stereocenters. The highest BCUT2D eigenvalue weighted by atomic mass is 16.4. The van der Waals surface area contributed by atoms with E-state index >= 15 is 0 Å². The van der Waals surface area contributed by atoms with E-state index in [0.29, 0.717) is 11.8 Å². The number of carboxylic acids is 1. The summed E-state index contributed by atoms with van der Waals surface area (Å²) in [6.45, 7) is 4.41. The second kappa shape index (κ2) is 4.38. The van der Waals surface area contributed by atoms with E-state index in [9.17, 15) is 9.90 Å². The van der Waals surface area contributed by atoms with Gasteiger partial charge in [-0.3, -0.25) is 4.79 Å². The monoisotopic (exact) mass is 224 g/mol. The van der Waals surface area contributed by atoms with Crippen molar-refractivity contribution >= 4 is 5.97 Å². The molecule has 0 spiro atoms. The molecule has 2 saturated carbocycles. The topological polar surface area (TPSA) is 37.3 Å². The fourth-order valence-corrected chi connectivity index (χ4v) is 4.26. The Hall–Kier alpha value is -0.530. The van der Waals surface area contributed by atoms with Crippen LogP contribution in [0.2, 0.25) is 0 Å². The Morgan fingerprint density at radius 2 is 2.25 bits per heavy atom. The van der Waals surface area contributed by atoms with Gasteiger partial charge in [-0.1, -0.05) is 33.1 Å². The van der Waals surface area contributed by atoms with Crippen LogP contribution >= 0.6 is 0 Å². The van der Waals surface area contributed by atoms with E-state index in [-0.39, 0.29) is 5.41 Å². The summed E-state index contributed by atoms with van der Waals surface area (Å²) >= 11 is 0. The highest BCUT2D eigenvalue weighted by molar-refractivity contribution is 5.75. The van der Waals surface area contributed by atoms with Crippen molar-refractivity contribution in [3.63, 3.8) is 0 Å². The van der Waals surface area contributed by atoms with Crippen LogP contribution in [0, 0.1) is 23.2 Å². The maximum Gasteiger partial charge on any atom is 0.309 e. The van der Waals surface area contributed by atoms with Crippen LogP contribution in [-0.4, -0.2) is 11.1 Å². The highest BCUT2D eigenvalue weighted by Crippen LogP contribution is 2.58. The van der Waals surface area contributed by atoms with Crippen molar-refractivity contribution < 1.29 is 9.90 Å². The van der Waals surface area contributed by atoms with Crippen LogP contribution in [0.4, 0.5) is 0 Å². The molecule has 0 saturated heterocycles. The normalized spacial score (nSPS) is 38.9. The first-order valence-corrected chi connectivity index (χ1v) is 6.82. The minimum absolute atomic E-state index is 0.350. The standard InChI is InChI=1S/C14H24O2/c1-3-4-10(2)8-14(13(15)16)9-11-5-6-12(14)7-11/h10-12H,3-9H2,1-2H3,(H,15,16). The summed E-state index contributed by atoms with van der Waals surface area (Å²) in [5.41, 5.74) is -0.350. The summed E-state index contributed by atoms with van der Waals surface area (Å²) in [6, 6.07) is 0. The van der Waals surface area contributed by atoms with Crippen LogP contribution in [0.5, 0.6) is 0 Å². The average Bonchev–Trinajstić information content (AvgIpc) is 2.77. The lowest BCUT2D eigenvalue weighted by atomic mass is 9.68. The van der Waals surface area contributed by atoms with Gasteiger partial charge in [0.15, 0.2) is 0 Å². The number of carboxylic acid groups (broad SMARTS) is 1. The Morgan fingerprint density at radius 3 is 2.69 bits per heavy atom. The van der Waals surface area contributed by atoms with Gasteiger partial charge in [0.05, 0.1) is 5.41 Å². The SMILES string of the molecule is CCCC(C)CC1(C(=O)O)CC2CCC1C2. The molecule has 2 aliphatic carbocycles. The predicted molar refractivity (Wildman–Crippen MR) is 64.2 cm³/mol. The van der Waals surface area contributed by atoms with Gasteiger partial charge in [-0.05, 0) is 43.4 Å². The quantitative estimate of drug-likeness (QED) is 0.773. The van der Waals surface area contributed by atoms with Gasteiger partial charge < -0.3 is 5.11 Å². The first-order valence-electron chi connectivity index (χ1n) is 6.82. The maximum absolute atomic E-state index is 11.7. The summed E-state index contributed by atoms with van der Waals surface area (Å²) in [5, 5.41) is 9.60. The van der Waals surface area contributed by atoms with E-state index < -0.39 is 5.97 Å². The van der Waals surface area contributed by atoms with Gasteiger partial charge in [0.2, 0.25) is 0 Å². The van der Waals surface area contributed by atoms with Gasteiger partial charge >= 0.3 is 5.97 Å². The van der Waals surface area contributed by atoms with E-state index in [0.717, 1.165) is 25.2 Å². The third-order valence-corrected chi connectivity index (χ3v) is 4.90. The fraction of sp³-hybridized carbons (Fsp3) is 0.929. The van der Waals surface area contributed by atoms with Crippen LogP contribution in [0.15, 0.2) is 0 Å². The average molecular weight is 224 g/mol. The number of aliphatic carboxylic acids is 1. The van der Waals surface area contributed by atoms with E-state index in [4.69, 9.17) is 0 Å². The molecule has 1 N–H and O–H groups in total. The first-order chi connectivity index (χ1) is 7.58. The Morgan fingerprint density at radius 1 is 1.50 bits per heavy atom. The van der Waals surface area contributed by atoms with E-state index in [1.807, 2.05) is 0 Å². The number of fused-ring (bicyclic) bond motifs is 2. The molecule has 0 amide bonds. The van der Waals surface area contributed by atoms with Crippen molar-refractivity contribution in [2.75, 3.05) is 0 Å². The summed E-state index contributed by atoms with van der Waals surface area (Å²) in [6.07, 6.45) is 7.85. The van der Waals surface area contributed by atoms with E-state index in [2.05, 4.69) is 13.8 Å². The molecule has 0 aliphatic heterocycles. The van der Waals surface area contributed by atoms with Crippen molar-refractivity contribution in [1.82, 2.24) is 0 Å². The van der Waals surface area contributed by atoms with Gasteiger partial charge in [-0.25, -0.2) is 0 Å². The molecule has 2 rings (SSSR count). The van der Waals surface area contributed by atoms with Gasteiger partial charge in [-0.15, -0.1) is 0 Å². The second-order valence-corrected chi connectivity index (χ2v) is 6.14. The van der Waals surface area contributed by atoms with E-state index in [1.54, 1.807) is 0 Å². The summed E-state index contributed by atoms with van der Waals surface area (Å²) < 4.78 is 0. The molecule has 0 radical (unpaired) electrons. The summed E-state index contributed by atoms with van der Waals surface area (Å²) in [4.78, 5) is 11.7. The zero-order valence-corrected chi connectivity index (χ0v) is 10.5. The minimum atomic E-state index is -0.511. The molecule has 2 nitrogen and oxygen atoms in total. The highest BCUT2D eigenvalue weighted by Gasteiger charge is 2.55. The lowest BCUT2D eigenvalue weighted by Crippen LogP contribution is -2.38. The Kier molecular flexibility index (Phi) is 3.27. The molecule has 0 aromatic heterocycles. The summed E-state index contributed by atoms with van der Waals surface area (Å²) in [5.74, 6) is 1.26. The van der Waals surface area contributed by atoms with E-state index in [1.165, 1.54) is 25.7 Å². The largest absolute Gasteiger partial charge is 0.481 e. The van der Waals surface area contributed by atoms with Crippen LogP contribution in [0.25, 0.3) is 0 Å². The molecule has 0 aromatic rings. The molecule has 16 heavy (non-hydrogen) atoms. The smallest absolute Gasteiger partial charge is 0.309 e. The molecule has 4 unspecified atom stereocenters. The van der Waals surface area contributed by atoms with Crippen LogP contribution in [0.1, 0.15) is 58.8 Å². The molecule has 0 heterocycles. The van der Waals surface area contributed by atoms with Crippen molar-refractivity contribution in [3.8, 4) is 0 Å². The zero-order valence-electron chi connectivity index (χ0n) is 10.5. The lowest BCUT2D eigenvalue weighted by Gasteiger charge is -2.35. The number of carbonyl (C=O) groups is 1. The number of hydrogen-bond donors (Lipinski definition) is 1. The third kappa shape index (κ3) is 1.87. The van der Waals surface area contributed by atoms with Crippen molar-refractivity contribution in [2.45, 2.75) is 58.8 Å². The molecule has 2 fully saturated rings. The minimum Gasteiger partial charge on any atom is -0.481 e. The molecule has 92 valence electrons. The molecule has 2 aliphatic rings. The Labute approximate surface area is 98.4 Å². The second-order valence-electron chi connectivity index (χ2n) is 6.14. The molecule has 2 bridgehead atoms. The zero-order chi connectivity index (χ0) is 11.8. The van der Waals surface area contributed by atoms with Gasteiger partial charge in [0.1, 0.15) is 0 Å². The Bertz CT molecular complexity index is 274. The maximum atomic E-state index is 11.7. The number of rotatable bonds is 5. The van der Waals surface area contributed by atoms with Gasteiger partial charge in [-0.2, -0.15) is 0 Å². The van der Waals surface area contributed by atoms with Crippen molar-refractivity contribution in [1.29, 1.82) is 0 Å². The predicted octanol–water partition coefficient (Wildman–Crippen LogP) is 3.70. The first kappa shape index (κ1) is 11.9. The van der Waals surface area contributed by atoms with Crippen molar-refractivity contribution in [2.24, 2.45) is 23.2 Å². The summed E-state index contributed by atoms with van der Waals surface area (Å²) in [7, 11) is 0. The fourth-order valence-electron chi connectivity index (χ4n) is 4.26. The van der Waals surface area contributed by atoms with Crippen LogP contribution in [-0.2, 0) is 4.79 Å². The third-order valence-electron chi connectivity index (χ3n) is 4.90.